The van der Waals surface area contributed by atoms with E-state index in [1.807, 2.05) is 12.1 Å². The first-order valence-corrected chi connectivity index (χ1v) is 13.0. The van der Waals surface area contributed by atoms with Gasteiger partial charge in [0.15, 0.2) is 11.6 Å². The lowest BCUT2D eigenvalue weighted by atomic mass is 9.86. The largest absolute Gasteiger partial charge is 0.252 e. The van der Waals surface area contributed by atoms with E-state index in [9.17, 15) is 0 Å². The summed E-state index contributed by atoms with van der Waals surface area (Å²) in [5, 5.41) is 19.1. The number of nitrogens with zero attached hydrogens (tertiary/aromatic N) is 7. The second-order valence-corrected chi connectivity index (χ2v) is 9.56. The van der Waals surface area contributed by atoms with Gasteiger partial charge < -0.3 is 0 Å². The molecule has 1 saturated carbocycles. The van der Waals surface area contributed by atoms with Crippen LogP contribution in [0.15, 0.2) is 42.6 Å². The Hall–Kier alpha value is -3.42. The van der Waals surface area contributed by atoms with Crippen molar-refractivity contribution in [1.29, 1.82) is 0 Å². The first-order chi connectivity index (χ1) is 17.3. The number of nitrogens with one attached hydrogen (secondary N) is 1. The molecule has 3 heterocycles. The van der Waals surface area contributed by atoms with Gasteiger partial charge in [0.1, 0.15) is 11.5 Å². The average molecular weight is 471 g/mol. The highest BCUT2D eigenvalue weighted by Gasteiger charge is 2.16. The van der Waals surface area contributed by atoms with Crippen LogP contribution in [-0.4, -0.2) is 40.4 Å². The Morgan fingerprint density at radius 3 is 2.63 bits per heavy atom. The Morgan fingerprint density at radius 1 is 1.00 bits per heavy atom. The number of aryl methyl sites for hydroxylation is 4. The van der Waals surface area contributed by atoms with Gasteiger partial charge in [0, 0.05) is 31.1 Å². The summed E-state index contributed by atoms with van der Waals surface area (Å²) in [7, 11) is 0. The van der Waals surface area contributed by atoms with Crippen LogP contribution < -0.4 is 0 Å². The fraction of sp³-hybridized carbons (Fsp3) is 0.481. The summed E-state index contributed by atoms with van der Waals surface area (Å²) in [4.78, 5) is 9.39. The molecule has 0 unspecified atom stereocenters. The maximum absolute atomic E-state index is 4.91. The summed E-state index contributed by atoms with van der Waals surface area (Å²) in [6.07, 6.45) is 14.0. The number of aromatic nitrogens is 8. The zero-order chi connectivity index (χ0) is 23.9. The summed E-state index contributed by atoms with van der Waals surface area (Å²) >= 11 is 0. The minimum atomic E-state index is 0.568. The van der Waals surface area contributed by atoms with E-state index in [1.165, 1.54) is 44.1 Å². The molecule has 0 aliphatic heterocycles. The minimum absolute atomic E-state index is 0.568. The summed E-state index contributed by atoms with van der Waals surface area (Å²) in [6, 6.07) is 12.6. The third-order valence-corrected chi connectivity index (χ3v) is 7.02. The molecular formula is C27H34N8. The van der Waals surface area contributed by atoms with Gasteiger partial charge in [-0.05, 0) is 52.8 Å². The van der Waals surface area contributed by atoms with Crippen LogP contribution in [0.5, 0.6) is 0 Å². The standard InChI is InChI=1S/C27H34N8/c1-2-7-25-29-24(16-13-20-8-4-3-5-9-20)32-35(25)19-17-21-11-14-22(15-12-21)23-10-6-18-28-26(23)27-30-33-34-31-27/h6,10-12,14-15,18,20H,2-5,7-9,13,16-17,19H2,1H3,(H,30,31,33,34). The predicted molar refractivity (Wildman–Crippen MR) is 135 cm³/mol. The SMILES string of the molecule is CCCc1nc(CCC2CCCCC2)nn1CCc1ccc(-c2cccnc2-c2nnn[nH]2)cc1. The van der Waals surface area contributed by atoms with Gasteiger partial charge in [-0.2, -0.15) is 5.10 Å². The first-order valence-electron chi connectivity index (χ1n) is 13.0. The second-order valence-electron chi connectivity index (χ2n) is 9.56. The molecule has 1 N–H and O–H groups in total. The van der Waals surface area contributed by atoms with E-state index in [-0.39, 0.29) is 0 Å². The van der Waals surface area contributed by atoms with Crippen molar-refractivity contribution < 1.29 is 0 Å². The molecule has 0 radical (unpaired) electrons. The summed E-state index contributed by atoms with van der Waals surface area (Å²) in [5.74, 6) is 3.59. The van der Waals surface area contributed by atoms with Crippen LogP contribution in [-0.2, 0) is 25.8 Å². The van der Waals surface area contributed by atoms with Gasteiger partial charge >= 0.3 is 0 Å². The van der Waals surface area contributed by atoms with Crippen LogP contribution in [0.3, 0.4) is 0 Å². The Kier molecular flexibility index (Phi) is 7.56. The van der Waals surface area contributed by atoms with E-state index in [1.54, 1.807) is 6.20 Å². The third kappa shape index (κ3) is 5.81. The molecule has 4 aromatic rings. The quantitative estimate of drug-likeness (QED) is 0.341. The molecule has 8 heteroatoms. The van der Waals surface area contributed by atoms with Crippen LogP contribution in [0.4, 0.5) is 0 Å². The Bertz CT molecular complexity index is 1190. The number of aromatic amines is 1. The Labute approximate surface area is 206 Å². The molecule has 5 rings (SSSR count). The smallest absolute Gasteiger partial charge is 0.198 e. The molecule has 1 aromatic carbocycles. The van der Waals surface area contributed by atoms with Crippen LogP contribution in [0.25, 0.3) is 22.6 Å². The van der Waals surface area contributed by atoms with Crippen LogP contribution in [0, 0.1) is 5.92 Å². The minimum Gasteiger partial charge on any atom is -0.252 e. The lowest BCUT2D eigenvalue weighted by Crippen LogP contribution is -2.09. The predicted octanol–water partition coefficient (Wildman–Crippen LogP) is 5.23. The van der Waals surface area contributed by atoms with E-state index < -0.39 is 0 Å². The highest BCUT2D eigenvalue weighted by molar-refractivity contribution is 5.77. The van der Waals surface area contributed by atoms with E-state index in [0.29, 0.717) is 5.82 Å². The van der Waals surface area contributed by atoms with E-state index in [2.05, 4.69) is 61.5 Å². The first kappa shape index (κ1) is 23.3. The van der Waals surface area contributed by atoms with Gasteiger partial charge in [-0.25, -0.2) is 14.8 Å². The zero-order valence-corrected chi connectivity index (χ0v) is 20.5. The molecule has 182 valence electrons. The Morgan fingerprint density at radius 2 is 1.86 bits per heavy atom. The maximum atomic E-state index is 4.91. The number of rotatable bonds is 10. The molecule has 0 spiro atoms. The van der Waals surface area contributed by atoms with Gasteiger partial charge in [-0.3, -0.25) is 4.98 Å². The number of hydrogen-bond acceptors (Lipinski definition) is 6. The van der Waals surface area contributed by atoms with Crippen molar-refractivity contribution in [1.82, 2.24) is 40.4 Å². The molecule has 0 amide bonds. The average Bonchev–Trinajstić information content (AvgIpc) is 3.58. The van der Waals surface area contributed by atoms with Crippen molar-refractivity contribution in [3.8, 4) is 22.6 Å². The van der Waals surface area contributed by atoms with Crippen molar-refractivity contribution in [2.75, 3.05) is 0 Å². The topological polar surface area (TPSA) is 98.1 Å². The lowest BCUT2D eigenvalue weighted by molar-refractivity contribution is 0.337. The summed E-state index contributed by atoms with van der Waals surface area (Å²) in [6.45, 7) is 3.06. The van der Waals surface area contributed by atoms with Crippen LogP contribution in [0.2, 0.25) is 0 Å². The number of pyridine rings is 1. The number of benzene rings is 1. The van der Waals surface area contributed by atoms with Crippen molar-refractivity contribution >= 4 is 0 Å². The van der Waals surface area contributed by atoms with E-state index in [4.69, 9.17) is 10.1 Å². The number of hydrogen-bond donors (Lipinski definition) is 1. The number of tetrazole rings is 1. The normalized spacial score (nSPS) is 14.4. The van der Waals surface area contributed by atoms with Gasteiger partial charge in [0.2, 0.25) is 0 Å². The zero-order valence-electron chi connectivity index (χ0n) is 20.5. The Balaban J connectivity index is 1.24. The lowest BCUT2D eigenvalue weighted by Gasteiger charge is -2.20. The monoisotopic (exact) mass is 470 g/mol. The molecule has 8 nitrogen and oxygen atoms in total. The summed E-state index contributed by atoms with van der Waals surface area (Å²) < 4.78 is 2.14. The number of H-pyrrole nitrogens is 1. The van der Waals surface area contributed by atoms with Crippen molar-refractivity contribution in [2.24, 2.45) is 5.92 Å². The highest BCUT2D eigenvalue weighted by atomic mass is 15.5. The van der Waals surface area contributed by atoms with Gasteiger partial charge in [-0.15, -0.1) is 5.10 Å². The molecular weight excluding hydrogens is 436 g/mol. The van der Waals surface area contributed by atoms with Gasteiger partial charge in [0.25, 0.3) is 0 Å². The fourth-order valence-corrected chi connectivity index (χ4v) is 5.10. The fourth-order valence-electron chi connectivity index (χ4n) is 5.10. The van der Waals surface area contributed by atoms with E-state index >= 15 is 0 Å². The molecule has 35 heavy (non-hydrogen) atoms. The van der Waals surface area contributed by atoms with Gasteiger partial charge in [0.05, 0.1) is 0 Å². The second kappa shape index (κ2) is 11.3. The molecule has 3 aromatic heterocycles. The summed E-state index contributed by atoms with van der Waals surface area (Å²) in [5.41, 5.74) is 4.12. The maximum Gasteiger partial charge on any atom is 0.198 e. The van der Waals surface area contributed by atoms with Crippen molar-refractivity contribution in [2.45, 2.75) is 77.7 Å². The van der Waals surface area contributed by atoms with Gasteiger partial charge in [-0.1, -0.05) is 69.4 Å². The van der Waals surface area contributed by atoms with Crippen LogP contribution in [0.1, 0.15) is 69.1 Å². The molecule has 0 bridgehead atoms. The molecule has 1 fully saturated rings. The highest BCUT2D eigenvalue weighted by Crippen LogP contribution is 2.28. The molecule has 0 saturated heterocycles. The van der Waals surface area contributed by atoms with Crippen molar-refractivity contribution in [3.63, 3.8) is 0 Å². The molecule has 1 aliphatic carbocycles. The molecule has 1 aliphatic rings. The van der Waals surface area contributed by atoms with E-state index in [0.717, 1.165) is 66.6 Å². The third-order valence-electron chi connectivity index (χ3n) is 7.02. The molecule has 0 atom stereocenters. The van der Waals surface area contributed by atoms with Crippen LogP contribution >= 0.6 is 0 Å². The van der Waals surface area contributed by atoms with Crippen molar-refractivity contribution in [3.05, 3.63) is 59.8 Å².